The number of benzene rings is 1. The van der Waals surface area contributed by atoms with Gasteiger partial charge in [-0.05, 0) is 66.1 Å². The van der Waals surface area contributed by atoms with Gasteiger partial charge in [-0.25, -0.2) is 0 Å². The van der Waals surface area contributed by atoms with Gasteiger partial charge in [-0.2, -0.15) is 0 Å². The predicted molar refractivity (Wildman–Crippen MR) is 95.4 cm³/mol. The summed E-state index contributed by atoms with van der Waals surface area (Å²) in [7, 11) is 3.58. The molecule has 2 fully saturated rings. The Morgan fingerprint density at radius 2 is 2.26 bits per heavy atom. The Kier molecular flexibility index (Phi) is 4.79. The standard InChI is InChI=1S/C16H19IN4O2/c1-21-10-4-6-14(21)15(16(22)23-2)11(8-10)9-3-5-13(19-20-18)12(17)7-9/h3,5,7,10-11,14-15H,4,6,8H2,1-2H3/t10-,11-,14?,15?/m1/s1. The van der Waals surface area contributed by atoms with Crippen molar-refractivity contribution in [3.63, 3.8) is 0 Å². The van der Waals surface area contributed by atoms with Gasteiger partial charge in [0, 0.05) is 26.5 Å². The zero-order valence-corrected chi connectivity index (χ0v) is 15.3. The molecule has 2 heterocycles. The van der Waals surface area contributed by atoms with Crippen LogP contribution in [-0.4, -0.2) is 37.1 Å². The van der Waals surface area contributed by atoms with Crippen LogP contribution in [0.25, 0.3) is 10.4 Å². The van der Waals surface area contributed by atoms with Crippen LogP contribution in [0.5, 0.6) is 0 Å². The Bertz CT molecular complexity index is 674. The molecule has 23 heavy (non-hydrogen) atoms. The first-order valence-electron chi connectivity index (χ1n) is 7.71. The van der Waals surface area contributed by atoms with E-state index in [1.165, 1.54) is 7.11 Å². The fourth-order valence-corrected chi connectivity index (χ4v) is 4.80. The van der Waals surface area contributed by atoms with Crippen molar-refractivity contribution in [2.75, 3.05) is 14.2 Å². The van der Waals surface area contributed by atoms with Gasteiger partial charge < -0.3 is 4.74 Å². The molecule has 6 nitrogen and oxygen atoms in total. The molecule has 0 N–H and O–H groups in total. The lowest BCUT2D eigenvalue weighted by Gasteiger charge is -2.41. The number of esters is 1. The largest absolute Gasteiger partial charge is 0.469 e. The fraction of sp³-hybridized carbons (Fsp3) is 0.562. The second kappa shape index (κ2) is 6.67. The van der Waals surface area contributed by atoms with Crippen LogP contribution in [0.3, 0.4) is 0 Å². The third-order valence-electron chi connectivity index (χ3n) is 5.29. The van der Waals surface area contributed by atoms with Gasteiger partial charge >= 0.3 is 5.97 Å². The quantitative estimate of drug-likeness (QED) is 0.241. The number of ether oxygens (including phenoxy) is 1. The van der Waals surface area contributed by atoms with Gasteiger partial charge in [0.25, 0.3) is 0 Å². The minimum absolute atomic E-state index is 0.124. The highest BCUT2D eigenvalue weighted by molar-refractivity contribution is 14.1. The van der Waals surface area contributed by atoms with Gasteiger partial charge in [-0.1, -0.05) is 17.2 Å². The van der Waals surface area contributed by atoms with E-state index in [-0.39, 0.29) is 23.8 Å². The average Bonchev–Trinajstić information content (AvgIpc) is 2.79. The SMILES string of the molecule is COC(=O)C1C2CC[C@H](C[C@@H]1c1ccc(N=[N+]=[N-])c(I)c1)N2C. The number of nitrogens with zero attached hydrogens (tertiary/aromatic N) is 4. The molecule has 122 valence electrons. The second-order valence-electron chi connectivity index (χ2n) is 6.26. The Labute approximate surface area is 148 Å². The first-order valence-corrected chi connectivity index (χ1v) is 8.79. The maximum atomic E-state index is 12.4. The molecule has 2 bridgehead atoms. The number of halogens is 1. The van der Waals surface area contributed by atoms with Crippen molar-refractivity contribution < 1.29 is 9.53 Å². The van der Waals surface area contributed by atoms with E-state index in [0.29, 0.717) is 11.7 Å². The van der Waals surface area contributed by atoms with Gasteiger partial charge in [-0.3, -0.25) is 9.69 Å². The molecule has 1 aromatic rings. The van der Waals surface area contributed by atoms with E-state index in [4.69, 9.17) is 10.3 Å². The zero-order chi connectivity index (χ0) is 16.6. The molecule has 0 aliphatic carbocycles. The molecule has 2 unspecified atom stereocenters. The molecule has 2 saturated heterocycles. The van der Waals surface area contributed by atoms with E-state index < -0.39 is 0 Å². The fourth-order valence-electron chi connectivity index (χ4n) is 4.15. The summed E-state index contributed by atoms with van der Waals surface area (Å²) in [6.07, 6.45) is 3.15. The summed E-state index contributed by atoms with van der Waals surface area (Å²) >= 11 is 2.18. The lowest BCUT2D eigenvalue weighted by Crippen LogP contribution is -2.49. The van der Waals surface area contributed by atoms with E-state index in [0.717, 1.165) is 28.4 Å². The van der Waals surface area contributed by atoms with Crippen LogP contribution in [0.4, 0.5) is 5.69 Å². The highest BCUT2D eigenvalue weighted by atomic mass is 127. The smallest absolute Gasteiger partial charge is 0.310 e. The van der Waals surface area contributed by atoms with Gasteiger partial charge in [0.2, 0.25) is 0 Å². The summed E-state index contributed by atoms with van der Waals surface area (Å²) in [5.74, 6) is -0.101. The normalized spacial score (nSPS) is 29.9. The first kappa shape index (κ1) is 16.5. The number of rotatable bonds is 3. The molecule has 1 aromatic carbocycles. The molecule has 7 heteroatoms. The third-order valence-corrected chi connectivity index (χ3v) is 6.16. The number of carbonyl (C=O) groups is 1. The Hall–Kier alpha value is -1.31. The van der Waals surface area contributed by atoms with Crippen LogP contribution in [0, 0.1) is 9.49 Å². The van der Waals surface area contributed by atoms with E-state index in [1.54, 1.807) is 0 Å². The van der Waals surface area contributed by atoms with Gasteiger partial charge in [0.1, 0.15) is 0 Å². The van der Waals surface area contributed by atoms with Crippen LogP contribution >= 0.6 is 22.6 Å². The van der Waals surface area contributed by atoms with E-state index >= 15 is 0 Å². The molecule has 0 spiro atoms. The first-order chi connectivity index (χ1) is 11.1. The molecule has 0 amide bonds. The lowest BCUT2D eigenvalue weighted by molar-refractivity contribution is -0.150. The van der Waals surface area contributed by atoms with Crippen LogP contribution in [0.1, 0.15) is 30.7 Å². The molecule has 0 aromatic heterocycles. The number of hydrogen-bond acceptors (Lipinski definition) is 4. The van der Waals surface area contributed by atoms with Crippen molar-refractivity contribution in [2.45, 2.75) is 37.3 Å². The number of carbonyl (C=O) groups excluding carboxylic acids is 1. The maximum Gasteiger partial charge on any atom is 0.310 e. The van der Waals surface area contributed by atoms with Crippen molar-refractivity contribution in [2.24, 2.45) is 11.0 Å². The predicted octanol–water partition coefficient (Wildman–Crippen LogP) is 3.97. The van der Waals surface area contributed by atoms with Crippen LogP contribution in [-0.2, 0) is 9.53 Å². The van der Waals surface area contributed by atoms with Crippen LogP contribution in [0.2, 0.25) is 0 Å². The summed E-state index contributed by atoms with van der Waals surface area (Å²) in [6, 6.07) is 6.64. The van der Waals surface area contributed by atoms with Gasteiger partial charge in [0.15, 0.2) is 0 Å². The summed E-state index contributed by atoms with van der Waals surface area (Å²) in [5, 5.41) is 3.69. The number of fused-ring (bicyclic) bond motifs is 2. The summed E-state index contributed by atoms with van der Waals surface area (Å²) in [5.41, 5.74) is 10.4. The van der Waals surface area contributed by atoms with Crippen LogP contribution in [0.15, 0.2) is 23.3 Å². The van der Waals surface area contributed by atoms with E-state index in [2.05, 4.69) is 44.6 Å². The summed E-state index contributed by atoms with van der Waals surface area (Å²) in [6.45, 7) is 0. The number of hydrogen-bond donors (Lipinski definition) is 0. The Morgan fingerprint density at radius 1 is 1.48 bits per heavy atom. The van der Waals surface area contributed by atoms with Crippen molar-refractivity contribution in [1.82, 2.24) is 4.90 Å². The molecular formula is C16H19IN4O2. The van der Waals surface area contributed by atoms with Crippen molar-refractivity contribution in [1.29, 1.82) is 0 Å². The van der Waals surface area contributed by atoms with E-state index in [9.17, 15) is 4.79 Å². The van der Waals surface area contributed by atoms with Crippen molar-refractivity contribution in [3.8, 4) is 0 Å². The Balaban J connectivity index is 1.98. The van der Waals surface area contributed by atoms with Crippen molar-refractivity contribution in [3.05, 3.63) is 37.8 Å². The number of methoxy groups -OCH3 is 1. The monoisotopic (exact) mass is 426 g/mol. The maximum absolute atomic E-state index is 12.4. The number of piperidine rings is 1. The lowest BCUT2D eigenvalue weighted by atomic mass is 9.76. The number of azide groups is 1. The minimum Gasteiger partial charge on any atom is -0.469 e. The molecule has 2 aliphatic rings. The molecule has 3 rings (SSSR count). The van der Waals surface area contributed by atoms with Gasteiger partial charge in [-0.15, -0.1) is 0 Å². The third kappa shape index (κ3) is 2.93. The second-order valence-corrected chi connectivity index (χ2v) is 7.42. The molecule has 4 atom stereocenters. The highest BCUT2D eigenvalue weighted by Gasteiger charge is 2.49. The molecule has 0 radical (unpaired) electrons. The average molecular weight is 426 g/mol. The van der Waals surface area contributed by atoms with E-state index in [1.807, 2.05) is 18.2 Å². The van der Waals surface area contributed by atoms with Crippen molar-refractivity contribution >= 4 is 34.2 Å². The summed E-state index contributed by atoms with van der Waals surface area (Å²) < 4.78 is 6.01. The van der Waals surface area contributed by atoms with Gasteiger partial charge in [0.05, 0.1) is 18.7 Å². The molecule has 0 saturated carbocycles. The Morgan fingerprint density at radius 3 is 2.91 bits per heavy atom. The molecular weight excluding hydrogens is 407 g/mol. The minimum atomic E-state index is -0.134. The topological polar surface area (TPSA) is 78.3 Å². The molecule has 2 aliphatic heterocycles. The summed E-state index contributed by atoms with van der Waals surface area (Å²) in [4.78, 5) is 17.6. The zero-order valence-electron chi connectivity index (χ0n) is 13.1. The highest BCUT2D eigenvalue weighted by Crippen LogP contribution is 2.47. The van der Waals surface area contributed by atoms with Crippen LogP contribution < -0.4 is 0 Å².